The average molecular weight is 258 g/mol. The van der Waals surface area contributed by atoms with E-state index in [1.165, 1.54) is 0 Å². The molecule has 0 bridgehead atoms. The van der Waals surface area contributed by atoms with E-state index in [2.05, 4.69) is 0 Å². The van der Waals surface area contributed by atoms with Crippen LogP contribution in [0, 0.1) is 0 Å². The van der Waals surface area contributed by atoms with E-state index in [-0.39, 0.29) is 11.3 Å². The highest BCUT2D eigenvalue weighted by Crippen LogP contribution is 2.17. The number of carbonyl (C=O) groups excluding carboxylic acids is 1. The Morgan fingerprint density at radius 1 is 1.44 bits per heavy atom. The van der Waals surface area contributed by atoms with E-state index in [4.69, 9.17) is 23.2 Å². The molecule has 1 saturated heterocycles. The van der Waals surface area contributed by atoms with Crippen molar-refractivity contribution in [2.24, 2.45) is 0 Å². The lowest BCUT2D eigenvalue weighted by Gasteiger charge is -2.15. The predicted octanol–water partition coefficient (Wildman–Crippen LogP) is 2.72. The number of hydrogen-bond acceptors (Lipinski definition) is 1. The molecule has 1 aromatic carbocycles. The zero-order chi connectivity index (χ0) is 11.5. The van der Waals surface area contributed by atoms with Gasteiger partial charge in [0.2, 0.25) is 5.91 Å². The van der Waals surface area contributed by atoms with E-state index in [1.54, 1.807) is 0 Å². The Labute approximate surface area is 105 Å². The van der Waals surface area contributed by atoms with Gasteiger partial charge in [-0.1, -0.05) is 23.7 Å². The third kappa shape index (κ3) is 2.89. The van der Waals surface area contributed by atoms with Crippen molar-refractivity contribution in [2.75, 3.05) is 13.1 Å². The van der Waals surface area contributed by atoms with Gasteiger partial charge in [0.05, 0.1) is 5.38 Å². The fourth-order valence-electron chi connectivity index (χ4n) is 1.90. The maximum atomic E-state index is 11.5. The van der Waals surface area contributed by atoms with Crippen LogP contribution in [0.25, 0.3) is 0 Å². The number of carbonyl (C=O) groups is 1. The molecule has 0 N–H and O–H groups in total. The monoisotopic (exact) mass is 257 g/mol. The van der Waals surface area contributed by atoms with Gasteiger partial charge in [-0.2, -0.15) is 0 Å². The summed E-state index contributed by atoms with van der Waals surface area (Å²) in [4.78, 5) is 13.3. The molecule has 16 heavy (non-hydrogen) atoms. The van der Waals surface area contributed by atoms with Crippen molar-refractivity contribution >= 4 is 29.1 Å². The van der Waals surface area contributed by atoms with Crippen LogP contribution in [0.2, 0.25) is 5.02 Å². The smallest absolute Gasteiger partial charge is 0.224 e. The standard InChI is InChI=1S/C12H13Cl2NO/c13-10-3-1-2-9(6-10)4-5-15-8-11(14)7-12(15)16/h1-3,6,11H,4-5,7-8H2. The third-order valence-corrected chi connectivity index (χ3v) is 3.25. The topological polar surface area (TPSA) is 20.3 Å². The summed E-state index contributed by atoms with van der Waals surface area (Å²) in [6.45, 7) is 1.39. The minimum Gasteiger partial charge on any atom is -0.341 e. The number of likely N-dealkylation sites (tertiary alicyclic amines) is 1. The quantitative estimate of drug-likeness (QED) is 0.763. The van der Waals surface area contributed by atoms with Crippen LogP contribution in [-0.2, 0) is 11.2 Å². The van der Waals surface area contributed by atoms with Crippen molar-refractivity contribution in [3.05, 3.63) is 34.9 Å². The minimum absolute atomic E-state index is 0.0214. The zero-order valence-electron chi connectivity index (χ0n) is 8.83. The molecule has 0 saturated carbocycles. The van der Waals surface area contributed by atoms with Crippen molar-refractivity contribution in [3.8, 4) is 0 Å². The highest BCUT2D eigenvalue weighted by Gasteiger charge is 2.27. The van der Waals surface area contributed by atoms with E-state index in [0.717, 1.165) is 23.6 Å². The molecule has 1 fully saturated rings. The first-order chi connectivity index (χ1) is 7.65. The number of nitrogens with zero attached hydrogens (tertiary/aromatic N) is 1. The minimum atomic E-state index is -0.0214. The molecule has 1 atom stereocenters. The largest absolute Gasteiger partial charge is 0.341 e. The van der Waals surface area contributed by atoms with Crippen LogP contribution in [0.4, 0.5) is 0 Å². The average Bonchev–Trinajstić information content (AvgIpc) is 2.54. The number of benzene rings is 1. The summed E-state index contributed by atoms with van der Waals surface area (Å²) in [6, 6.07) is 7.72. The van der Waals surface area contributed by atoms with Crippen LogP contribution in [0.15, 0.2) is 24.3 Å². The maximum Gasteiger partial charge on any atom is 0.224 e. The Kier molecular flexibility index (Phi) is 3.72. The molecule has 0 aromatic heterocycles. The normalized spacial score (nSPS) is 20.5. The van der Waals surface area contributed by atoms with Gasteiger partial charge in [-0.3, -0.25) is 4.79 Å². The number of hydrogen-bond donors (Lipinski definition) is 0. The van der Waals surface area contributed by atoms with E-state index in [1.807, 2.05) is 29.2 Å². The van der Waals surface area contributed by atoms with Crippen molar-refractivity contribution in [2.45, 2.75) is 18.2 Å². The Morgan fingerprint density at radius 2 is 2.25 bits per heavy atom. The molecule has 1 heterocycles. The first-order valence-corrected chi connectivity index (χ1v) is 6.13. The Morgan fingerprint density at radius 3 is 2.88 bits per heavy atom. The molecule has 0 radical (unpaired) electrons. The summed E-state index contributed by atoms with van der Waals surface area (Å²) in [6.07, 6.45) is 1.30. The van der Waals surface area contributed by atoms with E-state index in [0.29, 0.717) is 13.0 Å². The molecular weight excluding hydrogens is 245 g/mol. The Hall–Kier alpha value is -0.730. The SMILES string of the molecule is O=C1CC(Cl)CN1CCc1cccc(Cl)c1. The molecule has 86 valence electrons. The molecule has 0 spiro atoms. The van der Waals surface area contributed by atoms with Crippen molar-refractivity contribution in [3.63, 3.8) is 0 Å². The van der Waals surface area contributed by atoms with E-state index >= 15 is 0 Å². The van der Waals surface area contributed by atoms with Gasteiger partial charge in [0.15, 0.2) is 0 Å². The molecule has 1 aromatic rings. The lowest BCUT2D eigenvalue weighted by molar-refractivity contribution is -0.127. The molecular formula is C12H13Cl2NO. The second kappa shape index (κ2) is 5.07. The van der Waals surface area contributed by atoms with Crippen LogP contribution in [0.3, 0.4) is 0 Å². The fraction of sp³-hybridized carbons (Fsp3) is 0.417. The zero-order valence-corrected chi connectivity index (χ0v) is 10.3. The predicted molar refractivity (Wildman–Crippen MR) is 66.0 cm³/mol. The van der Waals surface area contributed by atoms with Gasteiger partial charge < -0.3 is 4.90 Å². The van der Waals surface area contributed by atoms with Crippen LogP contribution in [-0.4, -0.2) is 29.3 Å². The van der Waals surface area contributed by atoms with Gasteiger partial charge >= 0.3 is 0 Å². The van der Waals surface area contributed by atoms with Crippen LogP contribution in [0.1, 0.15) is 12.0 Å². The molecule has 2 rings (SSSR count). The highest BCUT2D eigenvalue weighted by molar-refractivity contribution is 6.30. The highest BCUT2D eigenvalue weighted by atomic mass is 35.5. The van der Waals surface area contributed by atoms with Gasteiger partial charge in [-0.25, -0.2) is 0 Å². The molecule has 1 aliphatic rings. The number of rotatable bonds is 3. The first-order valence-electron chi connectivity index (χ1n) is 5.31. The second-order valence-electron chi connectivity index (χ2n) is 4.02. The Balaban J connectivity index is 1.90. The van der Waals surface area contributed by atoms with Gasteiger partial charge in [0.25, 0.3) is 0 Å². The maximum absolute atomic E-state index is 11.5. The molecule has 1 amide bonds. The van der Waals surface area contributed by atoms with Crippen molar-refractivity contribution in [1.29, 1.82) is 0 Å². The third-order valence-electron chi connectivity index (χ3n) is 2.73. The van der Waals surface area contributed by atoms with Gasteiger partial charge in [0, 0.05) is 24.5 Å². The van der Waals surface area contributed by atoms with Crippen LogP contribution < -0.4 is 0 Å². The number of alkyl halides is 1. The lowest BCUT2D eigenvalue weighted by atomic mass is 10.1. The lowest BCUT2D eigenvalue weighted by Crippen LogP contribution is -2.27. The summed E-state index contributed by atoms with van der Waals surface area (Å²) in [5.41, 5.74) is 1.15. The summed E-state index contributed by atoms with van der Waals surface area (Å²) in [5, 5.41) is 0.715. The Bertz CT molecular complexity index is 394. The number of amides is 1. The summed E-state index contributed by atoms with van der Waals surface area (Å²) < 4.78 is 0. The van der Waals surface area contributed by atoms with Crippen LogP contribution in [0.5, 0.6) is 0 Å². The molecule has 1 unspecified atom stereocenters. The van der Waals surface area contributed by atoms with Crippen LogP contribution >= 0.6 is 23.2 Å². The summed E-state index contributed by atoms with van der Waals surface area (Å²) >= 11 is 11.8. The van der Waals surface area contributed by atoms with Gasteiger partial charge in [-0.15, -0.1) is 11.6 Å². The molecule has 2 nitrogen and oxygen atoms in total. The fourth-order valence-corrected chi connectivity index (χ4v) is 2.41. The molecule has 1 aliphatic heterocycles. The van der Waals surface area contributed by atoms with E-state index < -0.39 is 0 Å². The van der Waals surface area contributed by atoms with Crippen molar-refractivity contribution < 1.29 is 4.79 Å². The molecule has 4 heteroatoms. The first kappa shape index (κ1) is 11.7. The van der Waals surface area contributed by atoms with Crippen molar-refractivity contribution in [1.82, 2.24) is 4.90 Å². The second-order valence-corrected chi connectivity index (χ2v) is 5.07. The molecule has 0 aliphatic carbocycles. The van der Waals surface area contributed by atoms with Gasteiger partial charge in [0.1, 0.15) is 0 Å². The summed E-state index contributed by atoms with van der Waals surface area (Å²) in [7, 11) is 0. The van der Waals surface area contributed by atoms with E-state index in [9.17, 15) is 4.79 Å². The summed E-state index contributed by atoms with van der Waals surface area (Å²) in [5.74, 6) is 0.155. The van der Waals surface area contributed by atoms with Gasteiger partial charge in [-0.05, 0) is 24.1 Å². The number of halogens is 2.